The Balaban J connectivity index is 1.75. The number of halogens is 2. The number of benzene rings is 1. The van der Waals surface area contributed by atoms with Gasteiger partial charge in [0.1, 0.15) is 6.04 Å². The van der Waals surface area contributed by atoms with Gasteiger partial charge >= 0.3 is 5.97 Å². The maximum atomic E-state index is 13.6. The second-order valence-corrected chi connectivity index (χ2v) is 7.53. The van der Waals surface area contributed by atoms with Crippen LogP contribution in [0.15, 0.2) is 30.5 Å². The molecule has 2 amide bonds. The van der Waals surface area contributed by atoms with Gasteiger partial charge in [0.25, 0.3) is 11.8 Å². The van der Waals surface area contributed by atoms with Gasteiger partial charge in [0, 0.05) is 37.3 Å². The van der Waals surface area contributed by atoms with E-state index in [1.54, 1.807) is 36.2 Å². The molecule has 168 valence electrons. The van der Waals surface area contributed by atoms with Crippen LogP contribution in [0.25, 0.3) is 10.9 Å². The Labute approximate surface area is 182 Å². The number of nitrogens with zero attached hydrogens (tertiary/aromatic N) is 4. The summed E-state index contributed by atoms with van der Waals surface area (Å²) < 4.78 is 27.1. The van der Waals surface area contributed by atoms with Gasteiger partial charge in [0.15, 0.2) is 0 Å². The summed E-state index contributed by atoms with van der Waals surface area (Å²) >= 11 is 0. The molecule has 0 saturated carbocycles. The number of hydrogen-bond acceptors (Lipinski definition) is 6. The molecular formula is C21H21F2N5O4. The largest absolute Gasteiger partial charge is 0.481 e. The van der Waals surface area contributed by atoms with Gasteiger partial charge in [-0.3, -0.25) is 19.4 Å². The molecule has 2 aromatic rings. The predicted octanol–water partition coefficient (Wildman–Crippen LogP) is 1.64. The van der Waals surface area contributed by atoms with Crippen molar-refractivity contribution in [3.8, 4) is 6.07 Å². The van der Waals surface area contributed by atoms with Crippen LogP contribution in [0.2, 0.25) is 0 Å². The summed E-state index contributed by atoms with van der Waals surface area (Å²) in [6.45, 7) is -1.13. The van der Waals surface area contributed by atoms with Crippen molar-refractivity contribution in [2.24, 2.45) is 0 Å². The average molecular weight is 445 g/mol. The second kappa shape index (κ2) is 9.13. The number of carboxylic acid groups (broad SMARTS) is 1. The normalized spacial score (nSPS) is 17.1. The van der Waals surface area contributed by atoms with Gasteiger partial charge in [-0.2, -0.15) is 5.26 Å². The van der Waals surface area contributed by atoms with Crippen molar-refractivity contribution in [2.45, 2.75) is 24.8 Å². The fraction of sp³-hybridized carbons (Fsp3) is 0.381. The fourth-order valence-electron chi connectivity index (χ4n) is 3.51. The minimum absolute atomic E-state index is 0.0593. The third kappa shape index (κ3) is 5.08. The number of carbonyl (C=O) groups is 3. The number of nitriles is 1. The standard InChI is InChI=1S/C21H21F2N5O4/c1-27(7-5-19(30)31)13-2-3-17-16(8-13)15(4-6-25-17)20(32)26-11-18(29)28-12-21(22,23)9-14(28)10-24/h2-4,6,8,14H,5,7,9,11-12H2,1H3,(H,26,32)(H,30,31)/t14-/m0/s1. The number of carboxylic acids is 1. The van der Waals surface area contributed by atoms with Crippen molar-refractivity contribution < 1.29 is 28.3 Å². The number of hydrogen-bond donors (Lipinski definition) is 2. The number of aliphatic carboxylic acids is 1. The van der Waals surface area contributed by atoms with E-state index in [-0.39, 0.29) is 18.5 Å². The maximum absolute atomic E-state index is 13.6. The molecule has 0 spiro atoms. The molecule has 3 rings (SSSR count). The Bertz CT molecular complexity index is 1100. The highest BCUT2D eigenvalue weighted by Gasteiger charge is 2.47. The predicted molar refractivity (Wildman–Crippen MR) is 110 cm³/mol. The van der Waals surface area contributed by atoms with Gasteiger partial charge in [-0.05, 0) is 24.3 Å². The number of nitrogens with one attached hydrogen (secondary N) is 1. The van der Waals surface area contributed by atoms with Crippen LogP contribution in [0, 0.1) is 11.3 Å². The lowest BCUT2D eigenvalue weighted by Crippen LogP contribution is -2.43. The number of anilines is 1. The minimum atomic E-state index is -3.13. The number of likely N-dealkylation sites (tertiary alicyclic amines) is 1. The lowest BCUT2D eigenvalue weighted by atomic mass is 10.1. The first kappa shape index (κ1) is 22.9. The summed E-state index contributed by atoms with van der Waals surface area (Å²) in [7, 11) is 1.72. The van der Waals surface area contributed by atoms with Crippen LogP contribution in [0.4, 0.5) is 14.5 Å². The third-order valence-corrected chi connectivity index (χ3v) is 5.21. The van der Waals surface area contributed by atoms with Crippen LogP contribution in [-0.4, -0.2) is 71.4 Å². The summed E-state index contributed by atoms with van der Waals surface area (Å²) in [4.78, 5) is 42.6. The first-order valence-electron chi connectivity index (χ1n) is 9.78. The van der Waals surface area contributed by atoms with Gasteiger partial charge in [-0.15, -0.1) is 0 Å². The molecule has 1 aliphatic heterocycles. The Hall–Kier alpha value is -3.81. The fourth-order valence-corrected chi connectivity index (χ4v) is 3.51. The second-order valence-electron chi connectivity index (χ2n) is 7.53. The molecule has 0 aliphatic carbocycles. The monoisotopic (exact) mass is 445 g/mol. The van der Waals surface area contributed by atoms with E-state index >= 15 is 0 Å². The number of rotatable bonds is 7. The van der Waals surface area contributed by atoms with E-state index in [1.165, 1.54) is 12.3 Å². The van der Waals surface area contributed by atoms with E-state index in [0.29, 0.717) is 16.6 Å². The van der Waals surface area contributed by atoms with Crippen LogP contribution >= 0.6 is 0 Å². The van der Waals surface area contributed by atoms with E-state index in [0.717, 1.165) is 4.90 Å². The van der Waals surface area contributed by atoms with Crippen LogP contribution in [0.1, 0.15) is 23.2 Å². The zero-order chi connectivity index (χ0) is 23.5. The molecule has 0 radical (unpaired) electrons. The zero-order valence-electron chi connectivity index (χ0n) is 17.2. The third-order valence-electron chi connectivity index (χ3n) is 5.21. The van der Waals surface area contributed by atoms with Crippen molar-refractivity contribution in [1.82, 2.24) is 15.2 Å². The van der Waals surface area contributed by atoms with Crippen LogP contribution < -0.4 is 10.2 Å². The van der Waals surface area contributed by atoms with Gasteiger partial charge in [-0.25, -0.2) is 8.78 Å². The molecular weight excluding hydrogens is 424 g/mol. The summed E-state index contributed by atoms with van der Waals surface area (Å²) in [5, 5.41) is 20.8. The van der Waals surface area contributed by atoms with Gasteiger partial charge in [0.05, 0.1) is 36.7 Å². The van der Waals surface area contributed by atoms with Crippen molar-refractivity contribution in [1.29, 1.82) is 5.26 Å². The molecule has 1 saturated heterocycles. The SMILES string of the molecule is CN(CCC(=O)O)c1ccc2nccc(C(=O)NCC(=O)N3CC(F)(F)C[C@H]3C#N)c2c1. The van der Waals surface area contributed by atoms with Crippen LogP contribution in [0.3, 0.4) is 0 Å². The summed E-state index contributed by atoms with van der Waals surface area (Å²) in [6.07, 6.45) is 0.645. The lowest BCUT2D eigenvalue weighted by molar-refractivity contribution is -0.136. The smallest absolute Gasteiger partial charge is 0.305 e. The molecule has 0 bridgehead atoms. The Morgan fingerprint density at radius 2 is 2.12 bits per heavy atom. The number of alkyl halides is 2. The van der Waals surface area contributed by atoms with Gasteiger partial charge in [-0.1, -0.05) is 0 Å². The topological polar surface area (TPSA) is 127 Å². The summed E-state index contributed by atoms with van der Waals surface area (Å²) in [5.41, 5.74) is 1.41. The number of amides is 2. The minimum Gasteiger partial charge on any atom is -0.481 e. The lowest BCUT2D eigenvalue weighted by Gasteiger charge is -2.20. The Kier molecular flexibility index (Phi) is 6.53. The van der Waals surface area contributed by atoms with E-state index in [4.69, 9.17) is 10.4 Å². The molecule has 11 heteroatoms. The molecule has 9 nitrogen and oxygen atoms in total. The number of aromatic nitrogens is 1. The Morgan fingerprint density at radius 3 is 2.81 bits per heavy atom. The molecule has 1 aromatic carbocycles. The van der Waals surface area contributed by atoms with E-state index in [9.17, 15) is 23.2 Å². The van der Waals surface area contributed by atoms with Gasteiger partial charge in [0.2, 0.25) is 5.91 Å². The van der Waals surface area contributed by atoms with Crippen molar-refractivity contribution in [2.75, 3.05) is 31.6 Å². The molecule has 32 heavy (non-hydrogen) atoms. The highest BCUT2D eigenvalue weighted by molar-refractivity contribution is 6.07. The molecule has 1 fully saturated rings. The quantitative estimate of drug-likeness (QED) is 0.663. The van der Waals surface area contributed by atoms with Crippen molar-refractivity contribution in [3.05, 3.63) is 36.0 Å². The molecule has 1 atom stereocenters. The first-order chi connectivity index (χ1) is 15.1. The number of carbonyl (C=O) groups excluding carboxylic acids is 2. The highest BCUT2D eigenvalue weighted by atomic mass is 19.3. The molecule has 2 N–H and O–H groups in total. The van der Waals surface area contributed by atoms with E-state index in [1.807, 2.05) is 0 Å². The average Bonchev–Trinajstić information content (AvgIpc) is 3.09. The highest BCUT2D eigenvalue weighted by Crippen LogP contribution is 2.31. The Morgan fingerprint density at radius 1 is 1.38 bits per heavy atom. The number of fused-ring (bicyclic) bond motifs is 1. The summed E-state index contributed by atoms with van der Waals surface area (Å²) in [5.74, 6) is -5.44. The van der Waals surface area contributed by atoms with Crippen molar-refractivity contribution >= 4 is 34.4 Å². The van der Waals surface area contributed by atoms with E-state index in [2.05, 4.69) is 10.3 Å². The zero-order valence-corrected chi connectivity index (χ0v) is 17.2. The molecule has 1 aromatic heterocycles. The molecule has 2 heterocycles. The van der Waals surface area contributed by atoms with Crippen LogP contribution in [-0.2, 0) is 9.59 Å². The van der Waals surface area contributed by atoms with Crippen LogP contribution in [0.5, 0.6) is 0 Å². The first-order valence-corrected chi connectivity index (χ1v) is 9.78. The number of pyridine rings is 1. The molecule has 0 unspecified atom stereocenters. The summed E-state index contributed by atoms with van der Waals surface area (Å²) in [6, 6.07) is 7.04. The molecule has 1 aliphatic rings. The van der Waals surface area contributed by atoms with E-state index < -0.39 is 49.3 Å². The van der Waals surface area contributed by atoms with Crippen molar-refractivity contribution in [3.63, 3.8) is 0 Å². The maximum Gasteiger partial charge on any atom is 0.305 e. The van der Waals surface area contributed by atoms with Gasteiger partial charge < -0.3 is 20.2 Å².